The molecule has 1 amide bonds. The van der Waals surface area contributed by atoms with Gasteiger partial charge in [0.05, 0.1) is 5.69 Å². The molecule has 116 valence electrons. The SMILES string of the molecule is Cc1ccc(-c2csc(NC(=O)c3cccc(F)c3)n2)cc1C. The molecule has 1 aromatic heterocycles. The van der Waals surface area contributed by atoms with E-state index in [2.05, 4.69) is 36.3 Å². The Balaban J connectivity index is 1.79. The number of amides is 1. The highest BCUT2D eigenvalue weighted by molar-refractivity contribution is 7.14. The van der Waals surface area contributed by atoms with Gasteiger partial charge >= 0.3 is 0 Å². The number of hydrogen-bond acceptors (Lipinski definition) is 3. The highest BCUT2D eigenvalue weighted by atomic mass is 32.1. The first-order chi connectivity index (χ1) is 11.0. The third kappa shape index (κ3) is 3.46. The fraction of sp³-hybridized carbons (Fsp3) is 0.111. The second kappa shape index (κ2) is 6.30. The first-order valence-electron chi connectivity index (χ1n) is 7.13. The van der Waals surface area contributed by atoms with Crippen molar-refractivity contribution < 1.29 is 9.18 Å². The molecule has 0 saturated heterocycles. The topological polar surface area (TPSA) is 42.0 Å². The van der Waals surface area contributed by atoms with Crippen LogP contribution in [0.4, 0.5) is 9.52 Å². The number of benzene rings is 2. The lowest BCUT2D eigenvalue weighted by atomic mass is 10.1. The minimum absolute atomic E-state index is 0.271. The third-order valence-electron chi connectivity index (χ3n) is 3.61. The maximum absolute atomic E-state index is 13.2. The molecule has 3 nitrogen and oxygen atoms in total. The number of hydrogen-bond donors (Lipinski definition) is 1. The number of anilines is 1. The van der Waals surface area contributed by atoms with Crippen molar-refractivity contribution in [3.63, 3.8) is 0 Å². The summed E-state index contributed by atoms with van der Waals surface area (Å²) in [5, 5.41) is 5.09. The van der Waals surface area contributed by atoms with Crippen LogP contribution in [0.2, 0.25) is 0 Å². The summed E-state index contributed by atoms with van der Waals surface area (Å²) in [4.78, 5) is 16.5. The average molecular weight is 326 g/mol. The Morgan fingerprint density at radius 1 is 1.13 bits per heavy atom. The number of nitrogens with one attached hydrogen (secondary N) is 1. The summed E-state index contributed by atoms with van der Waals surface area (Å²) in [6.45, 7) is 4.11. The summed E-state index contributed by atoms with van der Waals surface area (Å²) in [5.74, 6) is -0.807. The van der Waals surface area contributed by atoms with Crippen LogP contribution in [0.5, 0.6) is 0 Å². The Morgan fingerprint density at radius 3 is 2.70 bits per heavy atom. The molecule has 5 heteroatoms. The number of carbonyl (C=O) groups excluding carboxylic acids is 1. The van der Waals surface area contributed by atoms with E-state index in [1.807, 2.05) is 11.4 Å². The first kappa shape index (κ1) is 15.4. The van der Waals surface area contributed by atoms with E-state index in [0.29, 0.717) is 5.13 Å². The van der Waals surface area contributed by atoms with Gasteiger partial charge in [0, 0.05) is 16.5 Å². The van der Waals surface area contributed by atoms with E-state index in [9.17, 15) is 9.18 Å². The molecule has 23 heavy (non-hydrogen) atoms. The van der Waals surface area contributed by atoms with Crippen molar-refractivity contribution in [1.82, 2.24) is 4.98 Å². The van der Waals surface area contributed by atoms with Crippen LogP contribution in [0.1, 0.15) is 21.5 Å². The van der Waals surface area contributed by atoms with Gasteiger partial charge in [-0.15, -0.1) is 11.3 Å². The lowest BCUT2D eigenvalue weighted by Gasteiger charge is -2.03. The van der Waals surface area contributed by atoms with Gasteiger partial charge in [0.2, 0.25) is 0 Å². The van der Waals surface area contributed by atoms with Gasteiger partial charge in [0.1, 0.15) is 5.82 Å². The predicted octanol–water partition coefficient (Wildman–Crippen LogP) is 4.82. The molecule has 0 atom stereocenters. The lowest BCUT2D eigenvalue weighted by molar-refractivity contribution is 0.102. The smallest absolute Gasteiger partial charge is 0.257 e. The van der Waals surface area contributed by atoms with Crippen molar-refractivity contribution in [2.75, 3.05) is 5.32 Å². The largest absolute Gasteiger partial charge is 0.298 e. The molecule has 0 spiro atoms. The molecule has 3 rings (SSSR count). The van der Waals surface area contributed by atoms with Crippen molar-refractivity contribution in [2.24, 2.45) is 0 Å². The normalized spacial score (nSPS) is 10.6. The van der Waals surface area contributed by atoms with E-state index in [1.165, 1.54) is 40.7 Å². The molecule has 0 bridgehead atoms. The molecule has 0 aliphatic heterocycles. The summed E-state index contributed by atoms with van der Waals surface area (Å²) in [6, 6.07) is 11.7. The lowest BCUT2D eigenvalue weighted by Crippen LogP contribution is -2.11. The summed E-state index contributed by atoms with van der Waals surface area (Å²) >= 11 is 1.34. The molecule has 0 saturated carbocycles. The van der Waals surface area contributed by atoms with Gasteiger partial charge < -0.3 is 0 Å². The molecule has 1 heterocycles. The van der Waals surface area contributed by atoms with Crippen molar-refractivity contribution in [3.05, 3.63) is 70.4 Å². The van der Waals surface area contributed by atoms with Crippen LogP contribution in [-0.4, -0.2) is 10.9 Å². The second-order valence-corrected chi connectivity index (χ2v) is 6.16. The van der Waals surface area contributed by atoms with Crippen LogP contribution < -0.4 is 5.32 Å². The van der Waals surface area contributed by atoms with Crippen molar-refractivity contribution in [2.45, 2.75) is 13.8 Å². The minimum Gasteiger partial charge on any atom is -0.298 e. The number of halogens is 1. The van der Waals surface area contributed by atoms with E-state index >= 15 is 0 Å². The fourth-order valence-corrected chi connectivity index (χ4v) is 2.88. The van der Waals surface area contributed by atoms with Gasteiger partial charge in [-0.25, -0.2) is 9.37 Å². The number of aryl methyl sites for hydroxylation is 2. The van der Waals surface area contributed by atoms with Crippen LogP contribution in [0.3, 0.4) is 0 Å². The number of carbonyl (C=O) groups is 1. The number of nitrogens with zero attached hydrogens (tertiary/aromatic N) is 1. The van der Waals surface area contributed by atoms with Crippen molar-refractivity contribution in [1.29, 1.82) is 0 Å². The number of thiazole rings is 1. The van der Waals surface area contributed by atoms with Crippen LogP contribution in [0, 0.1) is 19.7 Å². The van der Waals surface area contributed by atoms with E-state index in [0.717, 1.165) is 11.3 Å². The van der Waals surface area contributed by atoms with Crippen LogP contribution >= 0.6 is 11.3 Å². The first-order valence-corrected chi connectivity index (χ1v) is 8.01. The summed E-state index contributed by atoms with van der Waals surface area (Å²) in [5.41, 5.74) is 4.51. The van der Waals surface area contributed by atoms with Gasteiger partial charge in [0.15, 0.2) is 5.13 Å². The second-order valence-electron chi connectivity index (χ2n) is 5.30. The standard InChI is InChI=1S/C18H15FN2OS/c1-11-6-7-13(8-12(11)2)16-10-23-18(20-16)21-17(22)14-4-3-5-15(19)9-14/h3-10H,1-2H3,(H,20,21,22). The molecule has 2 aromatic carbocycles. The van der Waals surface area contributed by atoms with Crippen LogP contribution in [-0.2, 0) is 0 Å². The van der Waals surface area contributed by atoms with Crippen molar-refractivity contribution in [3.8, 4) is 11.3 Å². The Labute approximate surface area is 137 Å². The molecule has 0 aliphatic carbocycles. The Kier molecular flexibility index (Phi) is 4.21. The monoisotopic (exact) mass is 326 g/mol. The Bertz CT molecular complexity index is 873. The third-order valence-corrected chi connectivity index (χ3v) is 4.37. The summed E-state index contributed by atoms with van der Waals surface area (Å²) in [6.07, 6.45) is 0. The van der Waals surface area contributed by atoms with Gasteiger partial charge in [0.25, 0.3) is 5.91 Å². The molecule has 0 radical (unpaired) electrons. The number of aromatic nitrogens is 1. The predicted molar refractivity (Wildman–Crippen MR) is 91.4 cm³/mol. The van der Waals surface area contributed by atoms with E-state index in [4.69, 9.17) is 0 Å². The molecule has 3 aromatic rings. The molecule has 0 fully saturated rings. The zero-order chi connectivity index (χ0) is 16.4. The molecule has 0 unspecified atom stereocenters. The van der Waals surface area contributed by atoms with Crippen LogP contribution in [0.25, 0.3) is 11.3 Å². The average Bonchev–Trinajstić information content (AvgIpc) is 2.98. The van der Waals surface area contributed by atoms with Gasteiger partial charge in [-0.2, -0.15) is 0 Å². The summed E-state index contributed by atoms with van der Waals surface area (Å²) in [7, 11) is 0. The fourth-order valence-electron chi connectivity index (χ4n) is 2.16. The van der Waals surface area contributed by atoms with E-state index < -0.39 is 5.82 Å². The minimum atomic E-state index is -0.437. The molecule has 1 N–H and O–H groups in total. The van der Waals surface area contributed by atoms with Gasteiger partial charge in [-0.1, -0.05) is 18.2 Å². The zero-order valence-electron chi connectivity index (χ0n) is 12.8. The zero-order valence-corrected chi connectivity index (χ0v) is 13.6. The molecular formula is C18H15FN2OS. The Hall–Kier alpha value is -2.53. The molecule has 0 aliphatic rings. The van der Waals surface area contributed by atoms with E-state index in [1.54, 1.807) is 6.07 Å². The maximum atomic E-state index is 13.2. The maximum Gasteiger partial charge on any atom is 0.257 e. The Morgan fingerprint density at radius 2 is 1.96 bits per heavy atom. The van der Waals surface area contributed by atoms with Crippen LogP contribution in [0.15, 0.2) is 47.8 Å². The number of rotatable bonds is 3. The highest BCUT2D eigenvalue weighted by Gasteiger charge is 2.11. The van der Waals surface area contributed by atoms with Crippen molar-refractivity contribution >= 4 is 22.4 Å². The van der Waals surface area contributed by atoms with E-state index in [-0.39, 0.29) is 11.5 Å². The summed E-state index contributed by atoms with van der Waals surface area (Å²) < 4.78 is 13.2. The molecular weight excluding hydrogens is 311 g/mol. The quantitative estimate of drug-likeness (QED) is 0.750. The van der Waals surface area contributed by atoms with Gasteiger partial charge in [-0.3, -0.25) is 10.1 Å². The highest BCUT2D eigenvalue weighted by Crippen LogP contribution is 2.26. The van der Waals surface area contributed by atoms with Gasteiger partial charge in [-0.05, 0) is 49.2 Å².